The second kappa shape index (κ2) is 7.99. The molecule has 0 saturated heterocycles. The van der Waals surface area contributed by atoms with Gasteiger partial charge in [-0.2, -0.15) is 4.98 Å². The van der Waals surface area contributed by atoms with E-state index in [1.165, 1.54) is 4.57 Å². The highest BCUT2D eigenvalue weighted by Gasteiger charge is 2.36. The van der Waals surface area contributed by atoms with E-state index in [1.54, 1.807) is 6.92 Å². The average molecular weight is 397 g/mol. The average Bonchev–Trinajstić information content (AvgIpc) is 3.10. The number of carbonyl (C=O) groups is 1. The molecule has 1 atom stereocenters. The Morgan fingerprint density at radius 2 is 2.14 bits per heavy atom. The number of aliphatic hydroxyl groups excluding tert-OH is 1. The number of rotatable bonds is 6. The van der Waals surface area contributed by atoms with Gasteiger partial charge in [-0.3, -0.25) is 9.36 Å². The van der Waals surface area contributed by atoms with Crippen molar-refractivity contribution in [2.45, 2.75) is 58.2 Å². The van der Waals surface area contributed by atoms with Crippen LogP contribution in [-0.2, 0) is 17.8 Å². The predicted octanol–water partition coefficient (Wildman–Crippen LogP) is 1.81. The predicted molar refractivity (Wildman–Crippen MR) is 108 cm³/mol. The van der Waals surface area contributed by atoms with Gasteiger partial charge in [0.1, 0.15) is 5.75 Å². The Bertz CT molecular complexity index is 979. The molecule has 0 bridgehead atoms. The third-order valence-electron chi connectivity index (χ3n) is 5.92. The number of benzene rings is 1. The van der Waals surface area contributed by atoms with Gasteiger partial charge in [0.15, 0.2) is 0 Å². The summed E-state index contributed by atoms with van der Waals surface area (Å²) in [5, 5.41) is 12.9. The molecule has 4 rings (SSSR count). The number of nitrogens with one attached hydrogen (secondary N) is 1. The standard InChI is InChI=1S/C22H27N3O4/c1-13-9-14(2)25(22(28)23-13)7-5-20(27)24-21(17-11-18(26)12-17)16-3-4-19-15(10-16)6-8-29-19/h3-4,9-10,17-18,21,26H,5-8,11-12H2,1-2H3,(H,24,27)/t17?,18?,21-/m0/s1. The molecule has 0 spiro atoms. The molecule has 0 radical (unpaired) electrons. The van der Waals surface area contributed by atoms with Crippen LogP contribution in [0.3, 0.4) is 0 Å². The number of hydrogen-bond donors (Lipinski definition) is 2. The van der Waals surface area contributed by atoms with Crippen molar-refractivity contribution in [3.05, 3.63) is 57.3 Å². The number of aryl methyl sites for hydroxylation is 2. The van der Waals surface area contributed by atoms with Gasteiger partial charge in [0.25, 0.3) is 0 Å². The molecule has 1 amide bonds. The quantitative estimate of drug-likeness (QED) is 0.776. The van der Waals surface area contributed by atoms with E-state index in [4.69, 9.17) is 4.74 Å². The molecule has 2 aliphatic rings. The summed E-state index contributed by atoms with van der Waals surface area (Å²) in [7, 11) is 0. The number of amides is 1. The van der Waals surface area contributed by atoms with Crippen LogP contribution in [0, 0.1) is 19.8 Å². The van der Waals surface area contributed by atoms with E-state index in [2.05, 4.69) is 16.4 Å². The lowest BCUT2D eigenvalue weighted by atomic mass is 9.75. The summed E-state index contributed by atoms with van der Waals surface area (Å²) >= 11 is 0. The Balaban J connectivity index is 1.46. The molecule has 29 heavy (non-hydrogen) atoms. The number of nitrogens with zero attached hydrogens (tertiary/aromatic N) is 2. The van der Waals surface area contributed by atoms with Crippen molar-refractivity contribution in [3.63, 3.8) is 0 Å². The second-order valence-corrected chi connectivity index (χ2v) is 8.12. The number of hydrogen-bond acceptors (Lipinski definition) is 5. The summed E-state index contributed by atoms with van der Waals surface area (Å²) in [6.07, 6.45) is 2.14. The van der Waals surface area contributed by atoms with Gasteiger partial charge in [0.05, 0.1) is 18.8 Å². The summed E-state index contributed by atoms with van der Waals surface area (Å²) in [5.74, 6) is 1.01. The number of fused-ring (bicyclic) bond motifs is 1. The molecule has 2 N–H and O–H groups in total. The van der Waals surface area contributed by atoms with Crippen molar-refractivity contribution in [1.82, 2.24) is 14.9 Å². The fourth-order valence-corrected chi connectivity index (χ4v) is 4.28. The smallest absolute Gasteiger partial charge is 0.347 e. The molecule has 1 fully saturated rings. The Morgan fingerprint density at radius 3 is 2.86 bits per heavy atom. The van der Waals surface area contributed by atoms with Gasteiger partial charge in [-0.15, -0.1) is 0 Å². The van der Waals surface area contributed by atoms with Gasteiger partial charge in [0.2, 0.25) is 5.91 Å². The molecule has 2 aromatic rings. The van der Waals surface area contributed by atoms with Gasteiger partial charge in [0, 0.05) is 30.8 Å². The molecular weight excluding hydrogens is 370 g/mol. The zero-order valence-electron chi connectivity index (χ0n) is 16.9. The number of aliphatic hydroxyl groups is 1. The maximum absolute atomic E-state index is 12.7. The third kappa shape index (κ3) is 4.19. The van der Waals surface area contributed by atoms with Gasteiger partial charge in [-0.25, -0.2) is 4.79 Å². The monoisotopic (exact) mass is 397 g/mol. The van der Waals surface area contributed by atoms with Crippen LogP contribution in [0.5, 0.6) is 5.75 Å². The first-order valence-corrected chi connectivity index (χ1v) is 10.2. The lowest BCUT2D eigenvalue weighted by molar-refractivity contribution is -0.123. The zero-order chi connectivity index (χ0) is 20.5. The van der Waals surface area contributed by atoms with E-state index in [-0.39, 0.29) is 36.1 Å². The van der Waals surface area contributed by atoms with Crippen LogP contribution in [-0.4, -0.2) is 33.3 Å². The van der Waals surface area contributed by atoms with Crippen molar-refractivity contribution in [2.75, 3.05) is 6.61 Å². The van der Waals surface area contributed by atoms with Crippen LogP contribution in [0.4, 0.5) is 0 Å². The van der Waals surface area contributed by atoms with Gasteiger partial charge in [-0.1, -0.05) is 6.07 Å². The molecule has 0 unspecified atom stereocenters. The number of carbonyl (C=O) groups excluding carboxylic acids is 1. The molecule has 1 saturated carbocycles. The zero-order valence-corrected chi connectivity index (χ0v) is 16.9. The highest BCUT2D eigenvalue weighted by molar-refractivity contribution is 5.76. The van der Waals surface area contributed by atoms with E-state index in [1.807, 2.05) is 25.1 Å². The molecule has 7 heteroatoms. The van der Waals surface area contributed by atoms with E-state index >= 15 is 0 Å². The van der Waals surface area contributed by atoms with Gasteiger partial charge in [-0.05, 0) is 61.9 Å². The molecule has 2 heterocycles. The molecule has 1 aromatic carbocycles. The van der Waals surface area contributed by atoms with Crippen LogP contribution >= 0.6 is 0 Å². The van der Waals surface area contributed by atoms with E-state index in [9.17, 15) is 14.7 Å². The SMILES string of the molecule is Cc1cc(C)n(CCC(=O)N[C@@H](c2ccc3c(c2)CCO3)C2CC(O)C2)c(=O)n1. The van der Waals surface area contributed by atoms with Crippen molar-refractivity contribution in [1.29, 1.82) is 0 Å². The maximum atomic E-state index is 12.7. The van der Waals surface area contributed by atoms with Crippen LogP contribution in [0.25, 0.3) is 0 Å². The lowest BCUT2D eigenvalue weighted by Gasteiger charge is -2.38. The fraction of sp³-hybridized carbons (Fsp3) is 0.500. The molecular formula is C22H27N3O4. The Hall–Kier alpha value is -2.67. The Kier molecular flexibility index (Phi) is 5.41. The van der Waals surface area contributed by atoms with Gasteiger partial charge < -0.3 is 15.2 Å². The van der Waals surface area contributed by atoms with Crippen molar-refractivity contribution in [2.24, 2.45) is 5.92 Å². The van der Waals surface area contributed by atoms with E-state index in [0.29, 0.717) is 31.7 Å². The lowest BCUT2D eigenvalue weighted by Crippen LogP contribution is -2.41. The first-order valence-electron chi connectivity index (χ1n) is 10.2. The molecule has 1 aromatic heterocycles. The minimum atomic E-state index is -0.326. The van der Waals surface area contributed by atoms with Gasteiger partial charge >= 0.3 is 5.69 Å². The summed E-state index contributed by atoms with van der Waals surface area (Å²) < 4.78 is 7.11. The molecule has 1 aliphatic carbocycles. The van der Waals surface area contributed by atoms with Crippen LogP contribution < -0.4 is 15.7 Å². The highest BCUT2D eigenvalue weighted by atomic mass is 16.5. The minimum Gasteiger partial charge on any atom is -0.493 e. The summed E-state index contributed by atoms with van der Waals surface area (Å²) in [5.41, 5.74) is 3.36. The Morgan fingerprint density at radius 1 is 1.34 bits per heavy atom. The van der Waals surface area contributed by atoms with E-state index < -0.39 is 0 Å². The number of aromatic nitrogens is 2. The van der Waals surface area contributed by atoms with Crippen molar-refractivity contribution < 1.29 is 14.6 Å². The van der Waals surface area contributed by atoms with Crippen molar-refractivity contribution in [3.8, 4) is 5.75 Å². The summed E-state index contributed by atoms with van der Waals surface area (Å²) in [6, 6.07) is 7.76. The van der Waals surface area contributed by atoms with Crippen LogP contribution in [0.2, 0.25) is 0 Å². The number of ether oxygens (including phenoxy) is 1. The molecule has 1 aliphatic heterocycles. The largest absolute Gasteiger partial charge is 0.493 e. The first-order chi connectivity index (χ1) is 13.9. The fourth-order valence-electron chi connectivity index (χ4n) is 4.28. The summed E-state index contributed by atoms with van der Waals surface area (Å²) in [4.78, 5) is 28.8. The van der Waals surface area contributed by atoms with Crippen molar-refractivity contribution >= 4 is 5.91 Å². The summed E-state index contributed by atoms with van der Waals surface area (Å²) in [6.45, 7) is 4.61. The molecule has 7 nitrogen and oxygen atoms in total. The molecule has 154 valence electrons. The van der Waals surface area contributed by atoms with Crippen LogP contribution in [0.1, 0.15) is 47.8 Å². The van der Waals surface area contributed by atoms with Crippen LogP contribution in [0.15, 0.2) is 29.1 Å². The Labute approximate surface area is 169 Å². The topological polar surface area (TPSA) is 93.5 Å². The highest BCUT2D eigenvalue weighted by Crippen LogP contribution is 2.39. The third-order valence-corrected chi connectivity index (χ3v) is 5.92. The van der Waals surface area contributed by atoms with E-state index in [0.717, 1.165) is 29.0 Å². The minimum absolute atomic E-state index is 0.111. The first kappa shape index (κ1) is 19.6. The second-order valence-electron chi connectivity index (χ2n) is 8.12. The maximum Gasteiger partial charge on any atom is 0.347 e. The normalized spacial score (nSPS) is 21.1.